The second-order valence-corrected chi connectivity index (χ2v) is 4.56. The van der Waals surface area contributed by atoms with Crippen LogP contribution in [-0.2, 0) is 4.79 Å². The average molecular weight is 233 g/mol. The van der Waals surface area contributed by atoms with Gasteiger partial charge in [0.2, 0.25) is 5.91 Å². The van der Waals surface area contributed by atoms with Gasteiger partial charge < -0.3 is 15.5 Å². The molecule has 1 amide bonds. The van der Waals surface area contributed by atoms with E-state index in [0.29, 0.717) is 0 Å². The zero-order valence-electron chi connectivity index (χ0n) is 11.2. The van der Waals surface area contributed by atoms with Gasteiger partial charge in [-0.2, -0.15) is 0 Å². The molecule has 0 fully saturated rings. The first-order valence-electron chi connectivity index (χ1n) is 6.18. The number of carbonyl (C=O) groups is 1. The maximum atomic E-state index is 11.3. The Morgan fingerprint density at radius 1 is 1.25 bits per heavy atom. The summed E-state index contributed by atoms with van der Waals surface area (Å²) in [5.41, 5.74) is 0. The zero-order chi connectivity index (χ0) is 12.4. The van der Waals surface area contributed by atoms with Crippen molar-refractivity contribution in [1.82, 2.24) is 15.5 Å². The van der Waals surface area contributed by atoms with E-state index in [1.807, 2.05) is 20.9 Å². The maximum Gasteiger partial charge on any atom is 0.222 e. The summed E-state index contributed by atoms with van der Waals surface area (Å²) < 4.78 is 0. The van der Waals surface area contributed by atoms with Crippen LogP contribution in [0.2, 0.25) is 0 Å². The second kappa shape index (κ2) is 9.60. The Bertz CT molecular complexity index is 192. The highest BCUT2D eigenvalue weighted by Gasteiger charge is 2.05. The molecular formula is C12H31N3O. The first-order valence-corrected chi connectivity index (χ1v) is 6.18. The van der Waals surface area contributed by atoms with Crippen LogP contribution in [0.15, 0.2) is 0 Å². The van der Waals surface area contributed by atoms with E-state index < -0.39 is 0 Å². The Morgan fingerprint density at radius 2 is 1.81 bits per heavy atom. The maximum absolute atomic E-state index is 11.3. The van der Waals surface area contributed by atoms with Crippen LogP contribution in [0.3, 0.4) is 0 Å². The molecule has 4 nitrogen and oxygen atoms in total. The predicted molar refractivity (Wildman–Crippen MR) is 72.7 cm³/mol. The summed E-state index contributed by atoms with van der Waals surface area (Å²) >= 11 is 0. The van der Waals surface area contributed by atoms with Crippen molar-refractivity contribution in [3.63, 3.8) is 0 Å². The van der Waals surface area contributed by atoms with Crippen LogP contribution >= 0.6 is 0 Å². The molecule has 0 saturated carbocycles. The lowest BCUT2D eigenvalue weighted by Gasteiger charge is -2.16. The lowest BCUT2D eigenvalue weighted by atomic mass is 10.2. The minimum atomic E-state index is 0. The molecule has 0 saturated heterocycles. The number of rotatable bonds is 9. The Balaban J connectivity index is -0.00000112. The summed E-state index contributed by atoms with van der Waals surface area (Å²) in [5.74, 6) is 0.242. The molecule has 0 unspecified atom stereocenters. The molecule has 0 heterocycles. The fraction of sp³-hybridized carbons (Fsp3) is 0.917. The van der Waals surface area contributed by atoms with Gasteiger partial charge in [0.1, 0.15) is 0 Å². The zero-order valence-corrected chi connectivity index (χ0v) is 11.2. The van der Waals surface area contributed by atoms with Gasteiger partial charge in [0.15, 0.2) is 0 Å². The van der Waals surface area contributed by atoms with E-state index in [2.05, 4.69) is 22.6 Å². The lowest BCUT2D eigenvalue weighted by Crippen LogP contribution is -2.31. The predicted octanol–water partition coefficient (Wildman–Crippen LogP) is 1.18. The highest BCUT2D eigenvalue weighted by molar-refractivity contribution is 5.77. The van der Waals surface area contributed by atoms with Crippen molar-refractivity contribution in [2.75, 3.05) is 40.3 Å². The van der Waals surface area contributed by atoms with Crippen molar-refractivity contribution in [2.24, 2.45) is 5.92 Å². The molecule has 16 heavy (non-hydrogen) atoms. The summed E-state index contributed by atoms with van der Waals surface area (Å²) in [4.78, 5) is 13.6. The smallest absolute Gasteiger partial charge is 0.222 e. The molecule has 0 aromatic carbocycles. The molecule has 0 atom stereocenters. The van der Waals surface area contributed by atoms with Crippen LogP contribution < -0.4 is 10.6 Å². The third-order valence-corrected chi connectivity index (χ3v) is 2.51. The molecule has 0 radical (unpaired) electrons. The molecule has 4 heteroatoms. The molecule has 2 N–H and O–H groups in total. The number of carbonyl (C=O) groups excluding carboxylic acids is 1. The monoisotopic (exact) mass is 233 g/mol. The van der Waals surface area contributed by atoms with E-state index in [0.717, 1.165) is 32.6 Å². The van der Waals surface area contributed by atoms with Gasteiger partial charge in [-0.05, 0) is 46.6 Å². The van der Waals surface area contributed by atoms with E-state index in [-0.39, 0.29) is 14.7 Å². The Labute approximate surface area is 103 Å². The van der Waals surface area contributed by atoms with Crippen LogP contribution in [0.5, 0.6) is 0 Å². The quantitative estimate of drug-likeness (QED) is 0.588. The van der Waals surface area contributed by atoms with Gasteiger partial charge in [-0.25, -0.2) is 0 Å². The summed E-state index contributed by atoms with van der Waals surface area (Å²) in [7, 11) is 4.10. The summed E-state index contributed by atoms with van der Waals surface area (Å²) in [6.45, 7) is 7.83. The van der Waals surface area contributed by atoms with Gasteiger partial charge in [0, 0.05) is 15.3 Å². The standard InChI is InChI=1S/C12H27N3O.2H2/c1-11(2)12(16)14-8-6-10-15(4)9-5-7-13-3;;/h11,13H,5-10H2,1-4H3,(H,14,16);2*1H. The number of hydrogen-bond donors (Lipinski definition) is 2. The molecule has 0 aromatic heterocycles. The fourth-order valence-corrected chi connectivity index (χ4v) is 1.40. The average Bonchev–Trinajstić information content (AvgIpc) is 2.24. The number of nitrogens with zero attached hydrogens (tertiary/aromatic N) is 1. The molecule has 100 valence electrons. The van der Waals surface area contributed by atoms with Crippen LogP contribution in [0.4, 0.5) is 0 Å². The van der Waals surface area contributed by atoms with Gasteiger partial charge in [-0.3, -0.25) is 4.79 Å². The first kappa shape index (κ1) is 15.4. The van der Waals surface area contributed by atoms with Crippen LogP contribution in [0.25, 0.3) is 0 Å². The van der Waals surface area contributed by atoms with Gasteiger partial charge in [0.25, 0.3) is 0 Å². The van der Waals surface area contributed by atoms with Gasteiger partial charge in [0.05, 0.1) is 0 Å². The highest BCUT2D eigenvalue weighted by Crippen LogP contribution is 1.92. The summed E-state index contributed by atoms with van der Waals surface area (Å²) in [6.07, 6.45) is 2.19. The molecule has 0 aliphatic carbocycles. The summed E-state index contributed by atoms with van der Waals surface area (Å²) in [6, 6.07) is 0. The topological polar surface area (TPSA) is 44.4 Å². The molecule has 0 aromatic rings. The van der Waals surface area contributed by atoms with E-state index in [1.165, 1.54) is 6.42 Å². The second-order valence-electron chi connectivity index (χ2n) is 4.56. The normalized spacial score (nSPS) is 11.1. The van der Waals surface area contributed by atoms with Crippen molar-refractivity contribution >= 4 is 5.91 Å². The van der Waals surface area contributed by atoms with Crippen LogP contribution in [0, 0.1) is 5.92 Å². The van der Waals surface area contributed by atoms with Gasteiger partial charge in [-0.1, -0.05) is 13.8 Å². The number of nitrogens with one attached hydrogen (secondary N) is 2. The van der Waals surface area contributed by atoms with Gasteiger partial charge >= 0.3 is 0 Å². The molecule has 0 spiro atoms. The third kappa shape index (κ3) is 8.68. The third-order valence-electron chi connectivity index (χ3n) is 2.51. The molecule has 0 bridgehead atoms. The Kier molecular flexibility index (Phi) is 9.24. The molecular weight excluding hydrogens is 202 g/mol. The SMILES string of the molecule is CNCCCN(C)CCCNC(=O)C(C)C.[HH].[HH]. The van der Waals surface area contributed by atoms with Crippen molar-refractivity contribution in [1.29, 1.82) is 0 Å². The van der Waals surface area contributed by atoms with Crippen molar-refractivity contribution in [2.45, 2.75) is 26.7 Å². The molecule has 0 aliphatic heterocycles. The lowest BCUT2D eigenvalue weighted by molar-refractivity contribution is -0.123. The molecule has 0 rings (SSSR count). The first-order chi connectivity index (χ1) is 7.57. The van der Waals surface area contributed by atoms with E-state index in [1.54, 1.807) is 0 Å². The minimum absolute atomic E-state index is 0. The Hall–Kier alpha value is -0.610. The van der Waals surface area contributed by atoms with E-state index in [4.69, 9.17) is 0 Å². The minimum Gasteiger partial charge on any atom is -0.356 e. The Morgan fingerprint density at radius 3 is 2.31 bits per heavy atom. The summed E-state index contributed by atoms with van der Waals surface area (Å²) in [5, 5.41) is 6.06. The van der Waals surface area contributed by atoms with E-state index >= 15 is 0 Å². The highest BCUT2D eigenvalue weighted by atomic mass is 16.1. The van der Waals surface area contributed by atoms with Crippen molar-refractivity contribution in [3.8, 4) is 0 Å². The van der Waals surface area contributed by atoms with Crippen LogP contribution in [0.1, 0.15) is 29.5 Å². The van der Waals surface area contributed by atoms with Crippen molar-refractivity contribution in [3.05, 3.63) is 0 Å². The fourth-order valence-electron chi connectivity index (χ4n) is 1.40. The van der Waals surface area contributed by atoms with Crippen LogP contribution in [-0.4, -0.2) is 51.1 Å². The molecule has 0 aliphatic rings. The largest absolute Gasteiger partial charge is 0.356 e. The van der Waals surface area contributed by atoms with Crippen molar-refractivity contribution < 1.29 is 7.65 Å². The number of hydrogen-bond acceptors (Lipinski definition) is 3. The van der Waals surface area contributed by atoms with Gasteiger partial charge in [-0.15, -0.1) is 0 Å². The van der Waals surface area contributed by atoms with E-state index in [9.17, 15) is 4.79 Å². The number of amides is 1.